The predicted octanol–water partition coefficient (Wildman–Crippen LogP) is 9.37. The fourth-order valence-corrected chi connectivity index (χ4v) is 7.30. The van der Waals surface area contributed by atoms with Crippen molar-refractivity contribution >= 4 is 0 Å². The molecule has 0 saturated carbocycles. The van der Waals surface area contributed by atoms with Gasteiger partial charge in [-0.05, 0) is 89.9 Å². The minimum Gasteiger partial charge on any atom is -0.206 e. The molecule has 2 saturated heterocycles. The monoisotopic (exact) mass is 504 g/mol. The largest absolute Gasteiger partial charge is 0.206 e. The molecule has 0 aromatic carbocycles. The highest BCUT2D eigenvalue weighted by atomic mass is 16.8. The number of piperidine rings is 2. The molecule has 2 aliphatic heterocycles. The van der Waals surface area contributed by atoms with Crippen molar-refractivity contribution in [2.75, 3.05) is 0 Å². The second-order valence-electron chi connectivity index (χ2n) is 11.2. The molecule has 37 heavy (non-hydrogen) atoms. The highest BCUT2D eigenvalue weighted by Gasteiger charge is 2.57. The van der Waals surface area contributed by atoms with Gasteiger partial charge in [0.15, 0.2) is 0 Å². The summed E-state index contributed by atoms with van der Waals surface area (Å²) in [5.74, 6) is 0. The van der Waals surface area contributed by atoms with Crippen LogP contribution in [-0.4, -0.2) is 32.3 Å². The summed E-state index contributed by atoms with van der Waals surface area (Å²) in [4.78, 5) is 7.50. The smallest absolute Gasteiger partial charge is 0.0557 e. The van der Waals surface area contributed by atoms with Gasteiger partial charge in [0.1, 0.15) is 0 Å². The van der Waals surface area contributed by atoms with E-state index >= 15 is 0 Å². The Kier molecular flexibility index (Phi) is 11.8. The first kappa shape index (κ1) is 31.0. The molecule has 0 aromatic rings. The summed E-state index contributed by atoms with van der Waals surface area (Å²) in [5.41, 5.74) is -1.03. The molecule has 0 amide bonds. The molecular weight excluding hydrogens is 452 g/mol. The molecule has 2 fully saturated rings. The van der Waals surface area contributed by atoms with E-state index in [9.17, 15) is 0 Å². The lowest BCUT2D eigenvalue weighted by molar-refractivity contribution is -0.454. The fourth-order valence-electron chi connectivity index (χ4n) is 7.30. The van der Waals surface area contributed by atoms with Crippen LogP contribution in [0.15, 0.2) is 101 Å². The van der Waals surface area contributed by atoms with Crippen LogP contribution in [0.5, 0.6) is 0 Å². The summed E-state index contributed by atoms with van der Waals surface area (Å²) in [6.07, 6.45) is 29.1. The molecule has 2 rings (SSSR count). The molecule has 0 unspecified atom stereocenters. The van der Waals surface area contributed by atoms with E-state index in [4.69, 9.17) is 4.94 Å². The summed E-state index contributed by atoms with van der Waals surface area (Å²) < 4.78 is 0. The number of hydrogen-bond acceptors (Lipinski definition) is 3. The van der Waals surface area contributed by atoms with Crippen molar-refractivity contribution in [3.8, 4) is 0 Å². The predicted molar refractivity (Wildman–Crippen MR) is 162 cm³/mol. The maximum absolute atomic E-state index is 7.50. The average molecular weight is 505 g/mol. The zero-order chi connectivity index (χ0) is 27.4. The number of nitrogens with zero attached hydrogens (tertiary/aromatic N) is 2. The Bertz CT molecular complexity index is 665. The Hall–Kier alpha value is -2.20. The Morgan fingerprint density at radius 3 is 0.757 bits per heavy atom. The molecule has 3 nitrogen and oxygen atoms in total. The van der Waals surface area contributed by atoms with Crippen molar-refractivity contribution in [1.82, 2.24) is 10.1 Å². The van der Waals surface area contributed by atoms with Crippen molar-refractivity contribution in [3.63, 3.8) is 0 Å². The van der Waals surface area contributed by atoms with Crippen LogP contribution in [0.3, 0.4) is 0 Å². The van der Waals surface area contributed by atoms with Crippen LogP contribution in [0.4, 0.5) is 0 Å². The zero-order valence-corrected chi connectivity index (χ0v) is 23.5. The molecule has 0 bridgehead atoms. The van der Waals surface area contributed by atoms with Gasteiger partial charge in [-0.3, -0.25) is 0 Å². The lowest BCUT2D eigenvalue weighted by Crippen LogP contribution is -2.70. The second kappa shape index (κ2) is 14.1. The fraction of sp³-hybridized carbons (Fsp3) is 0.529. The maximum Gasteiger partial charge on any atom is 0.0557 e. The molecule has 0 radical (unpaired) electrons. The van der Waals surface area contributed by atoms with E-state index in [0.29, 0.717) is 0 Å². The summed E-state index contributed by atoms with van der Waals surface area (Å²) >= 11 is 0. The van der Waals surface area contributed by atoms with Gasteiger partial charge in [-0.15, -0.1) is 52.6 Å². The number of rotatable bonds is 18. The van der Waals surface area contributed by atoms with Crippen molar-refractivity contribution in [2.24, 2.45) is 0 Å². The minimum absolute atomic E-state index is 0.257. The molecule has 0 atom stereocenters. The van der Waals surface area contributed by atoms with Gasteiger partial charge in [-0.1, -0.05) is 48.6 Å². The first-order chi connectivity index (χ1) is 17.9. The van der Waals surface area contributed by atoms with Crippen LogP contribution >= 0.6 is 0 Å². The molecule has 2 heterocycles. The molecule has 0 N–H and O–H groups in total. The first-order valence-corrected chi connectivity index (χ1v) is 14.0. The minimum atomic E-state index is -0.257. The quantitative estimate of drug-likeness (QED) is 0.173. The summed E-state index contributed by atoms with van der Waals surface area (Å²) in [6, 6.07) is 0. The van der Waals surface area contributed by atoms with Gasteiger partial charge >= 0.3 is 0 Å². The van der Waals surface area contributed by atoms with Crippen molar-refractivity contribution < 1.29 is 4.94 Å². The van der Waals surface area contributed by atoms with Crippen molar-refractivity contribution in [2.45, 2.75) is 112 Å². The van der Waals surface area contributed by atoms with Gasteiger partial charge in [0.05, 0.1) is 22.2 Å². The summed E-state index contributed by atoms with van der Waals surface area (Å²) in [5, 5.41) is 4.70. The Balaban J connectivity index is 2.85. The molecule has 3 heteroatoms. The van der Waals surface area contributed by atoms with E-state index in [1.807, 2.05) is 48.6 Å². The van der Waals surface area contributed by atoms with Crippen LogP contribution in [0, 0.1) is 0 Å². The number of hydrogen-bond donors (Lipinski definition) is 0. The van der Waals surface area contributed by atoms with Gasteiger partial charge in [0.25, 0.3) is 0 Å². The van der Waals surface area contributed by atoms with E-state index in [0.717, 1.165) is 89.9 Å². The highest BCUT2D eigenvalue weighted by Crippen LogP contribution is 2.52. The normalized spacial score (nSPS) is 22.3. The van der Waals surface area contributed by atoms with Gasteiger partial charge in [-0.2, -0.15) is 10.1 Å². The van der Waals surface area contributed by atoms with E-state index in [-0.39, 0.29) is 22.2 Å². The molecule has 204 valence electrons. The maximum atomic E-state index is 7.50. The second-order valence-corrected chi connectivity index (χ2v) is 11.2. The van der Waals surface area contributed by atoms with E-state index in [1.54, 1.807) is 0 Å². The van der Waals surface area contributed by atoms with Crippen LogP contribution in [0.25, 0.3) is 0 Å². The molecule has 2 aliphatic rings. The lowest BCUT2D eigenvalue weighted by atomic mass is 9.71. The first-order valence-electron chi connectivity index (χ1n) is 14.0. The van der Waals surface area contributed by atoms with Crippen LogP contribution in [0.1, 0.15) is 89.9 Å². The SMILES string of the molecule is C=CCC1(CC=C)CCCC(CC=C)(CC=C)N1ON1C(CC=C)(CC=C)CCCC1(CC=C)CC=C. The van der Waals surface area contributed by atoms with Crippen molar-refractivity contribution in [3.05, 3.63) is 101 Å². The third-order valence-electron chi connectivity index (χ3n) is 8.65. The van der Waals surface area contributed by atoms with Gasteiger partial charge in [0.2, 0.25) is 0 Å². The van der Waals surface area contributed by atoms with Gasteiger partial charge in [0, 0.05) is 0 Å². The van der Waals surface area contributed by atoms with E-state index in [1.165, 1.54) is 0 Å². The molecule has 0 aromatic heterocycles. The standard InChI is InChI=1S/C34H52N2O/c1-9-19-31(20-10-2)27-17-28-32(21-11-3,22-12-4)35(31)37-36-33(23-13-5,24-14-6)29-18-30-34(36,25-15-7)26-16-8/h9-16H,1-8,17-30H2. The zero-order valence-electron chi connectivity index (χ0n) is 23.5. The molecule has 0 spiro atoms. The topological polar surface area (TPSA) is 15.7 Å². The van der Waals surface area contributed by atoms with Crippen LogP contribution < -0.4 is 0 Å². The van der Waals surface area contributed by atoms with Gasteiger partial charge < -0.3 is 0 Å². The van der Waals surface area contributed by atoms with E-state index < -0.39 is 0 Å². The third kappa shape index (κ3) is 6.28. The molecule has 0 aliphatic carbocycles. The summed E-state index contributed by atoms with van der Waals surface area (Å²) in [7, 11) is 0. The average Bonchev–Trinajstić information content (AvgIpc) is 2.85. The van der Waals surface area contributed by atoms with Crippen LogP contribution in [0.2, 0.25) is 0 Å². The highest BCUT2D eigenvalue weighted by molar-refractivity contribution is 5.13. The number of hydroxylamine groups is 4. The van der Waals surface area contributed by atoms with Crippen LogP contribution in [-0.2, 0) is 4.94 Å². The Morgan fingerprint density at radius 2 is 0.595 bits per heavy atom. The van der Waals surface area contributed by atoms with E-state index in [2.05, 4.69) is 62.8 Å². The Morgan fingerprint density at radius 1 is 0.405 bits per heavy atom. The molecular formula is C34H52N2O. The summed E-state index contributed by atoms with van der Waals surface area (Å²) in [6.45, 7) is 33.2. The Labute approximate surface area is 228 Å². The lowest BCUT2D eigenvalue weighted by Gasteiger charge is -2.62. The third-order valence-corrected chi connectivity index (χ3v) is 8.65. The van der Waals surface area contributed by atoms with Gasteiger partial charge in [-0.25, -0.2) is 4.94 Å². The van der Waals surface area contributed by atoms with Crippen molar-refractivity contribution in [1.29, 1.82) is 0 Å².